The second-order valence-electron chi connectivity index (χ2n) is 5.55. The summed E-state index contributed by atoms with van der Waals surface area (Å²) in [5.41, 5.74) is 1.88. The van der Waals surface area contributed by atoms with Crippen molar-refractivity contribution in [2.75, 3.05) is 11.5 Å². The molecule has 2 heterocycles. The highest BCUT2D eigenvalue weighted by atomic mass is 35.5. The fourth-order valence-corrected chi connectivity index (χ4v) is 2.81. The molecule has 0 radical (unpaired) electrons. The van der Waals surface area contributed by atoms with Crippen LogP contribution in [0.1, 0.15) is 5.69 Å². The van der Waals surface area contributed by atoms with Gasteiger partial charge in [-0.15, -0.1) is 5.10 Å². The number of hydrogen-bond donors (Lipinski definition) is 1. The van der Waals surface area contributed by atoms with Crippen molar-refractivity contribution in [2.45, 2.75) is 6.54 Å². The lowest BCUT2D eigenvalue weighted by atomic mass is 10.2. The number of rotatable bonds is 3. The number of nitrogens with zero attached hydrogens (tertiary/aromatic N) is 4. The number of carbonyl (C=O) groups is 1. The third-order valence-electron chi connectivity index (χ3n) is 3.82. The first kappa shape index (κ1) is 15.5. The molecule has 0 fully saturated rings. The van der Waals surface area contributed by atoms with Crippen LogP contribution in [0.4, 0.5) is 5.69 Å². The van der Waals surface area contributed by atoms with E-state index in [1.165, 1.54) is 0 Å². The van der Waals surface area contributed by atoms with Gasteiger partial charge in [-0.05, 0) is 30.3 Å². The largest absolute Gasteiger partial charge is 0.508 e. The highest BCUT2D eigenvalue weighted by molar-refractivity contribution is 6.31. The number of halogens is 1. The number of carbonyl (C=O) groups excluding carboxylic acids is 1. The maximum atomic E-state index is 12.3. The topological polar surface area (TPSA) is 80.5 Å². The predicted octanol–water partition coefficient (Wildman–Crippen LogP) is 2.55. The molecule has 1 aliphatic heterocycles. The predicted molar refractivity (Wildman–Crippen MR) is 91.2 cm³/mol. The monoisotopic (exact) mass is 356 g/mol. The number of amides is 1. The molecule has 0 saturated heterocycles. The highest BCUT2D eigenvalue weighted by Crippen LogP contribution is 2.35. The zero-order chi connectivity index (χ0) is 17.4. The smallest absolute Gasteiger partial charge is 0.265 e. The number of fused-ring (bicyclic) bond motifs is 1. The standard InChI is InChI=1S/C17H13ClN4O3/c18-11-4-5-16-15(6-11)21(17(24)10-25-16)8-12-9-22(20-19-12)13-2-1-3-14(23)7-13/h1-7,9,23H,8,10H2. The van der Waals surface area contributed by atoms with E-state index in [2.05, 4.69) is 10.3 Å². The van der Waals surface area contributed by atoms with E-state index in [9.17, 15) is 9.90 Å². The van der Waals surface area contributed by atoms with Gasteiger partial charge >= 0.3 is 0 Å². The van der Waals surface area contributed by atoms with Crippen molar-refractivity contribution >= 4 is 23.2 Å². The van der Waals surface area contributed by atoms with E-state index in [1.54, 1.807) is 58.2 Å². The van der Waals surface area contributed by atoms with Gasteiger partial charge in [0.05, 0.1) is 24.1 Å². The molecule has 8 heteroatoms. The third kappa shape index (κ3) is 3.01. The van der Waals surface area contributed by atoms with Crippen LogP contribution in [0.25, 0.3) is 5.69 Å². The van der Waals surface area contributed by atoms with Crippen LogP contribution >= 0.6 is 11.6 Å². The Kier molecular flexibility index (Phi) is 3.77. The summed E-state index contributed by atoms with van der Waals surface area (Å²) < 4.78 is 6.97. The Morgan fingerprint density at radius 2 is 2.12 bits per heavy atom. The molecule has 0 aliphatic carbocycles. The minimum absolute atomic E-state index is 0.0324. The maximum Gasteiger partial charge on any atom is 0.265 e. The number of hydrogen-bond acceptors (Lipinski definition) is 5. The van der Waals surface area contributed by atoms with E-state index in [1.807, 2.05) is 0 Å². The van der Waals surface area contributed by atoms with Crippen molar-refractivity contribution in [1.82, 2.24) is 15.0 Å². The van der Waals surface area contributed by atoms with Crippen LogP contribution in [0.5, 0.6) is 11.5 Å². The van der Waals surface area contributed by atoms with Gasteiger partial charge in [-0.1, -0.05) is 22.9 Å². The first-order valence-corrected chi connectivity index (χ1v) is 7.91. The Bertz CT molecular complexity index is 957. The van der Waals surface area contributed by atoms with Gasteiger partial charge < -0.3 is 9.84 Å². The van der Waals surface area contributed by atoms with Crippen LogP contribution in [-0.2, 0) is 11.3 Å². The van der Waals surface area contributed by atoms with Crippen molar-refractivity contribution in [3.63, 3.8) is 0 Å². The molecule has 0 saturated carbocycles. The Labute approximate surface area is 148 Å². The quantitative estimate of drug-likeness (QED) is 0.780. The summed E-state index contributed by atoms with van der Waals surface area (Å²) in [5, 5.41) is 18.3. The summed E-state index contributed by atoms with van der Waals surface area (Å²) in [4.78, 5) is 13.8. The number of aromatic hydroxyl groups is 1. The minimum atomic E-state index is -0.179. The molecule has 1 aliphatic rings. The molecule has 25 heavy (non-hydrogen) atoms. The van der Waals surface area contributed by atoms with E-state index < -0.39 is 0 Å². The maximum absolute atomic E-state index is 12.3. The van der Waals surface area contributed by atoms with Gasteiger partial charge in [0.1, 0.15) is 17.2 Å². The second kappa shape index (κ2) is 6.10. The van der Waals surface area contributed by atoms with Crippen LogP contribution in [0.15, 0.2) is 48.7 Å². The Morgan fingerprint density at radius 3 is 2.96 bits per heavy atom. The highest BCUT2D eigenvalue weighted by Gasteiger charge is 2.26. The summed E-state index contributed by atoms with van der Waals surface area (Å²) in [7, 11) is 0. The number of anilines is 1. The van der Waals surface area contributed by atoms with Gasteiger partial charge in [-0.3, -0.25) is 9.69 Å². The van der Waals surface area contributed by atoms with E-state index in [0.29, 0.717) is 27.8 Å². The zero-order valence-electron chi connectivity index (χ0n) is 13.0. The third-order valence-corrected chi connectivity index (χ3v) is 4.05. The van der Waals surface area contributed by atoms with Gasteiger partial charge in [0, 0.05) is 11.1 Å². The minimum Gasteiger partial charge on any atom is -0.508 e. The average molecular weight is 357 g/mol. The summed E-state index contributed by atoms with van der Waals surface area (Å²) in [6, 6.07) is 11.8. The fourth-order valence-electron chi connectivity index (χ4n) is 2.64. The van der Waals surface area contributed by atoms with E-state index in [4.69, 9.17) is 16.3 Å². The van der Waals surface area contributed by atoms with Crippen LogP contribution in [0, 0.1) is 0 Å². The summed E-state index contributed by atoms with van der Waals surface area (Å²) >= 11 is 6.04. The SMILES string of the molecule is O=C1COc2ccc(Cl)cc2N1Cc1cn(-c2cccc(O)c2)nn1. The van der Waals surface area contributed by atoms with Crippen LogP contribution in [0.2, 0.25) is 5.02 Å². The molecule has 126 valence electrons. The van der Waals surface area contributed by atoms with Crippen LogP contribution in [0.3, 0.4) is 0 Å². The number of benzene rings is 2. The summed E-state index contributed by atoms with van der Waals surface area (Å²) in [6.45, 7) is 0.212. The second-order valence-corrected chi connectivity index (χ2v) is 5.99. The van der Waals surface area contributed by atoms with Gasteiger partial charge in [0.15, 0.2) is 6.61 Å². The molecule has 1 aromatic heterocycles. The first-order valence-electron chi connectivity index (χ1n) is 7.53. The Balaban J connectivity index is 1.63. The van der Waals surface area contributed by atoms with Gasteiger partial charge in [0.2, 0.25) is 0 Å². The van der Waals surface area contributed by atoms with Crippen molar-refractivity contribution in [2.24, 2.45) is 0 Å². The molecule has 0 unspecified atom stereocenters. The molecular weight excluding hydrogens is 344 g/mol. The number of phenolic OH excluding ortho intramolecular Hbond substituents is 1. The lowest BCUT2D eigenvalue weighted by Crippen LogP contribution is -2.38. The molecule has 0 atom stereocenters. The summed E-state index contributed by atoms with van der Waals surface area (Å²) in [5.74, 6) is 0.563. The fraction of sp³-hybridized carbons (Fsp3) is 0.118. The van der Waals surface area contributed by atoms with Crippen molar-refractivity contribution in [3.05, 3.63) is 59.4 Å². The first-order chi connectivity index (χ1) is 12.1. The molecule has 0 bridgehead atoms. The molecule has 7 nitrogen and oxygen atoms in total. The van der Waals surface area contributed by atoms with Crippen molar-refractivity contribution in [1.29, 1.82) is 0 Å². The molecule has 2 aromatic carbocycles. The lowest BCUT2D eigenvalue weighted by molar-refractivity contribution is -0.121. The average Bonchev–Trinajstić information content (AvgIpc) is 3.06. The molecule has 1 N–H and O–H groups in total. The Hall–Kier alpha value is -3.06. The van der Waals surface area contributed by atoms with Crippen molar-refractivity contribution < 1.29 is 14.6 Å². The van der Waals surface area contributed by atoms with Gasteiger partial charge in [-0.25, -0.2) is 4.68 Å². The van der Waals surface area contributed by atoms with E-state index in [0.717, 1.165) is 0 Å². The lowest BCUT2D eigenvalue weighted by Gasteiger charge is -2.28. The van der Waals surface area contributed by atoms with Crippen LogP contribution in [-0.4, -0.2) is 32.6 Å². The molecular formula is C17H13ClN4O3. The zero-order valence-corrected chi connectivity index (χ0v) is 13.7. The van der Waals surface area contributed by atoms with Gasteiger partial charge in [0.25, 0.3) is 5.91 Å². The molecule has 0 spiro atoms. The molecule has 1 amide bonds. The number of aromatic nitrogens is 3. The normalized spacial score (nSPS) is 13.5. The number of phenols is 1. The van der Waals surface area contributed by atoms with Crippen molar-refractivity contribution in [3.8, 4) is 17.2 Å². The van der Waals surface area contributed by atoms with Gasteiger partial charge in [-0.2, -0.15) is 0 Å². The van der Waals surface area contributed by atoms with Crippen LogP contribution < -0.4 is 9.64 Å². The Morgan fingerprint density at radius 1 is 1.24 bits per heavy atom. The number of ether oxygens (including phenoxy) is 1. The van der Waals surface area contributed by atoms with E-state index >= 15 is 0 Å². The van der Waals surface area contributed by atoms with E-state index in [-0.39, 0.29) is 24.8 Å². The summed E-state index contributed by atoms with van der Waals surface area (Å²) in [6.07, 6.45) is 1.71. The molecule has 3 aromatic rings. The molecule has 4 rings (SSSR count).